The van der Waals surface area contributed by atoms with Crippen molar-refractivity contribution in [2.75, 3.05) is 11.5 Å². The number of nitrogens with zero attached hydrogens (tertiary/aromatic N) is 3. The van der Waals surface area contributed by atoms with Gasteiger partial charge in [-0.05, 0) is 16.7 Å². The number of hydrogen-bond acceptors (Lipinski definition) is 10. The second-order valence-corrected chi connectivity index (χ2v) is 9.71. The normalized spacial score (nSPS) is 19.2. The van der Waals surface area contributed by atoms with Gasteiger partial charge in [-0.25, -0.2) is 4.79 Å². The molecule has 2 amide bonds. The van der Waals surface area contributed by atoms with E-state index >= 15 is 0 Å². The highest BCUT2D eigenvalue weighted by molar-refractivity contribution is 8.01. The molecule has 1 aromatic carbocycles. The van der Waals surface area contributed by atoms with Crippen molar-refractivity contribution < 1.29 is 33.8 Å². The SMILES string of the molecule is NCc1ccccc1CC(=O)NC1C(=O)N2C(C(=O)O)=C(CSc3nnc(CC(=O)O)o3)CS[C@H]12. The van der Waals surface area contributed by atoms with E-state index < -0.39 is 35.7 Å². The monoisotopic (exact) mass is 519 g/mol. The van der Waals surface area contributed by atoms with Crippen LogP contribution in [-0.2, 0) is 38.6 Å². The average molecular weight is 520 g/mol. The summed E-state index contributed by atoms with van der Waals surface area (Å²) in [7, 11) is 0. The van der Waals surface area contributed by atoms with Crippen LogP contribution in [0, 0.1) is 0 Å². The number of nitrogens with one attached hydrogen (secondary N) is 1. The third-order valence-electron chi connectivity index (χ3n) is 5.38. The fourth-order valence-electron chi connectivity index (χ4n) is 3.77. The summed E-state index contributed by atoms with van der Waals surface area (Å²) < 4.78 is 5.24. The van der Waals surface area contributed by atoms with E-state index in [-0.39, 0.29) is 41.4 Å². The van der Waals surface area contributed by atoms with Crippen LogP contribution in [0.2, 0.25) is 0 Å². The molecule has 0 spiro atoms. The minimum atomic E-state index is -1.25. The van der Waals surface area contributed by atoms with Crippen molar-refractivity contribution in [3.63, 3.8) is 0 Å². The van der Waals surface area contributed by atoms with Crippen molar-refractivity contribution in [3.8, 4) is 0 Å². The molecule has 184 valence electrons. The number of aromatic nitrogens is 2. The molecule has 1 aromatic heterocycles. The molecule has 2 aliphatic heterocycles. The largest absolute Gasteiger partial charge is 0.481 e. The van der Waals surface area contributed by atoms with Gasteiger partial charge in [0.1, 0.15) is 23.5 Å². The number of carbonyl (C=O) groups is 4. The van der Waals surface area contributed by atoms with Crippen molar-refractivity contribution in [2.45, 2.75) is 36.0 Å². The van der Waals surface area contributed by atoms with E-state index in [9.17, 15) is 24.3 Å². The van der Waals surface area contributed by atoms with Gasteiger partial charge in [-0.1, -0.05) is 36.0 Å². The molecule has 3 heterocycles. The highest BCUT2D eigenvalue weighted by Crippen LogP contribution is 2.41. The van der Waals surface area contributed by atoms with Gasteiger partial charge in [0.05, 0.1) is 6.42 Å². The number of benzene rings is 1. The molecule has 0 radical (unpaired) electrons. The number of nitrogens with two attached hydrogens (primary N) is 1. The van der Waals surface area contributed by atoms with Crippen LogP contribution in [0.4, 0.5) is 0 Å². The summed E-state index contributed by atoms with van der Waals surface area (Å²) in [6.45, 7) is 0.288. The number of hydrogen-bond donors (Lipinski definition) is 4. The zero-order valence-corrected chi connectivity index (χ0v) is 19.8. The Hall–Kier alpha value is -3.36. The van der Waals surface area contributed by atoms with Crippen LogP contribution in [0.15, 0.2) is 45.2 Å². The number of rotatable bonds is 10. The lowest BCUT2D eigenvalue weighted by molar-refractivity contribution is -0.150. The van der Waals surface area contributed by atoms with Crippen LogP contribution in [0.5, 0.6) is 0 Å². The zero-order valence-electron chi connectivity index (χ0n) is 18.2. The molecule has 2 atom stereocenters. The molecule has 12 nitrogen and oxygen atoms in total. The van der Waals surface area contributed by atoms with E-state index in [1.807, 2.05) is 12.1 Å². The Kier molecular flexibility index (Phi) is 7.42. The molecular weight excluding hydrogens is 498 g/mol. The highest BCUT2D eigenvalue weighted by Gasteiger charge is 2.54. The summed E-state index contributed by atoms with van der Waals surface area (Å²) >= 11 is 2.41. The third kappa shape index (κ3) is 5.33. The van der Waals surface area contributed by atoms with Crippen LogP contribution in [0.3, 0.4) is 0 Å². The second kappa shape index (κ2) is 10.5. The van der Waals surface area contributed by atoms with E-state index in [2.05, 4.69) is 15.5 Å². The van der Waals surface area contributed by atoms with Gasteiger partial charge in [-0.2, -0.15) is 0 Å². The van der Waals surface area contributed by atoms with Crippen LogP contribution in [-0.4, -0.2) is 72.0 Å². The van der Waals surface area contributed by atoms with Gasteiger partial charge in [0.2, 0.25) is 11.8 Å². The Bertz CT molecular complexity index is 1210. The zero-order chi connectivity index (χ0) is 25.1. The molecule has 0 saturated carbocycles. The Morgan fingerprint density at radius 2 is 1.94 bits per heavy atom. The number of thioether (sulfide) groups is 2. The molecule has 4 rings (SSSR count). The minimum Gasteiger partial charge on any atom is -0.481 e. The van der Waals surface area contributed by atoms with Crippen molar-refractivity contribution in [1.82, 2.24) is 20.4 Å². The first-order valence-corrected chi connectivity index (χ1v) is 12.4. The summed E-state index contributed by atoms with van der Waals surface area (Å²) in [6, 6.07) is 6.45. The summed E-state index contributed by atoms with van der Waals surface area (Å²) in [5.41, 5.74) is 7.68. The molecule has 35 heavy (non-hydrogen) atoms. The summed E-state index contributed by atoms with van der Waals surface area (Å²) in [5, 5.41) is 28.2. The van der Waals surface area contributed by atoms with Gasteiger partial charge in [0, 0.05) is 18.1 Å². The molecule has 5 N–H and O–H groups in total. The third-order valence-corrected chi connectivity index (χ3v) is 7.62. The molecule has 2 aliphatic rings. The lowest BCUT2D eigenvalue weighted by Gasteiger charge is -2.49. The van der Waals surface area contributed by atoms with Gasteiger partial charge >= 0.3 is 11.9 Å². The van der Waals surface area contributed by atoms with Crippen molar-refractivity contribution in [1.29, 1.82) is 0 Å². The Balaban J connectivity index is 1.41. The molecule has 1 unspecified atom stereocenters. The summed E-state index contributed by atoms with van der Waals surface area (Å²) in [5.74, 6) is -2.79. The molecule has 2 aromatic rings. The molecule has 1 saturated heterocycles. The van der Waals surface area contributed by atoms with E-state index in [0.717, 1.165) is 22.9 Å². The molecular formula is C21H21N5O7S2. The maximum atomic E-state index is 12.8. The van der Waals surface area contributed by atoms with Crippen LogP contribution in [0.1, 0.15) is 17.0 Å². The molecule has 1 fully saturated rings. The van der Waals surface area contributed by atoms with Gasteiger partial charge in [-0.15, -0.1) is 22.0 Å². The second-order valence-electron chi connectivity index (χ2n) is 7.68. The Labute approximate surface area is 207 Å². The number of amides is 2. The number of carboxylic acids is 2. The highest BCUT2D eigenvalue weighted by atomic mass is 32.2. The molecule has 14 heteroatoms. The van der Waals surface area contributed by atoms with Crippen LogP contribution >= 0.6 is 23.5 Å². The van der Waals surface area contributed by atoms with Crippen molar-refractivity contribution in [3.05, 3.63) is 52.6 Å². The topological polar surface area (TPSA) is 189 Å². The van der Waals surface area contributed by atoms with E-state index in [4.69, 9.17) is 15.3 Å². The predicted molar refractivity (Wildman–Crippen MR) is 124 cm³/mol. The standard InChI is InChI=1S/C21H21N5O7S2/c22-7-11-4-2-1-3-10(11)5-13(27)23-16-18(30)26-17(20(31)32)12(8-34-19(16)26)9-35-21-25-24-14(33-21)6-15(28)29/h1-4,16,19H,5-9,22H2,(H,23,27)(H,28,29)(H,31,32)/t16?,19-/m1/s1. The van der Waals surface area contributed by atoms with Gasteiger partial charge in [-0.3, -0.25) is 19.3 Å². The average Bonchev–Trinajstić information content (AvgIpc) is 3.27. The van der Waals surface area contributed by atoms with Gasteiger partial charge < -0.3 is 25.7 Å². The molecule has 0 aliphatic carbocycles. The smallest absolute Gasteiger partial charge is 0.352 e. The van der Waals surface area contributed by atoms with Crippen LogP contribution < -0.4 is 11.1 Å². The number of carboxylic acid groups (broad SMARTS) is 2. The van der Waals surface area contributed by atoms with E-state index in [0.29, 0.717) is 11.3 Å². The molecule has 0 bridgehead atoms. The number of β-lactam (4-membered cyclic amide) rings is 1. The maximum absolute atomic E-state index is 12.8. The summed E-state index contributed by atoms with van der Waals surface area (Å²) in [4.78, 5) is 49.3. The Morgan fingerprint density at radius 3 is 2.63 bits per heavy atom. The maximum Gasteiger partial charge on any atom is 0.352 e. The predicted octanol–water partition coefficient (Wildman–Crippen LogP) is 0.229. The first kappa shape index (κ1) is 24.8. The minimum absolute atomic E-state index is 0.0592. The Morgan fingerprint density at radius 1 is 1.20 bits per heavy atom. The fraction of sp³-hybridized carbons (Fsp3) is 0.333. The lowest BCUT2D eigenvalue weighted by Crippen LogP contribution is -2.70. The number of carbonyl (C=O) groups excluding carboxylic acids is 2. The quantitative estimate of drug-likeness (QED) is 0.247. The fourth-order valence-corrected chi connectivity index (χ4v) is 6.03. The first-order valence-electron chi connectivity index (χ1n) is 10.4. The first-order chi connectivity index (χ1) is 16.8. The lowest BCUT2D eigenvalue weighted by atomic mass is 10.0. The van der Waals surface area contributed by atoms with Gasteiger partial charge in [0.25, 0.3) is 11.1 Å². The van der Waals surface area contributed by atoms with Crippen LogP contribution in [0.25, 0.3) is 0 Å². The van der Waals surface area contributed by atoms with Gasteiger partial charge in [0.15, 0.2) is 0 Å². The van der Waals surface area contributed by atoms with E-state index in [1.54, 1.807) is 12.1 Å². The number of fused-ring (bicyclic) bond motifs is 1. The number of aliphatic carboxylic acids is 2. The summed E-state index contributed by atoms with van der Waals surface area (Å²) in [6.07, 6.45) is -0.354. The van der Waals surface area contributed by atoms with Crippen molar-refractivity contribution >= 4 is 47.3 Å². The van der Waals surface area contributed by atoms with E-state index in [1.165, 1.54) is 16.7 Å². The van der Waals surface area contributed by atoms with Crippen molar-refractivity contribution in [2.24, 2.45) is 5.73 Å².